The monoisotopic (exact) mass is 290 g/mol. The van der Waals surface area contributed by atoms with E-state index in [9.17, 15) is 5.11 Å². The van der Waals surface area contributed by atoms with Crippen molar-refractivity contribution >= 4 is 0 Å². The highest BCUT2D eigenvalue weighted by atomic mass is 16.3. The van der Waals surface area contributed by atoms with E-state index in [1.165, 1.54) is 38.0 Å². The van der Waals surface area contributed by atoms with E-state index in [2.05, 4.69) is 24.1 Å². The molecule has 1 fully saturated rings. The van der Waals surface area contributed by atoms with E-state index in [0.29, 0.717) is 11.8 Å². The predicted molar refractivity (Wildman–Crippen MR) is 88.7 cm³/mol. The van der Waals surface area contributed by atoms with Gasteiger partial charge in [-0.3, -0.25) is 0 Å². The van der Waals surface area contributed by atoms with Crippen LogP contribution in [0.4, 0.5) is 0 Å². The first-order valence-electron chi connectivity index (χ1n) is 8.37. The molecule has 3 heteroatoms. The van der Waals surface area contributed by atoms with Crippen molar-refractivity contribution < 1.29 is 5.11 Å². The fraction of sp³-hybridized carbons (Fsp3) is 0.667. The number of rotatable bonds is 7. The van der Waals surface area contributed by atoms with Crippen LogP contribution in [0.5, 0.6) is 5.75 Å². The first-order valence-corrected chi connectivity index (χ1v) is 8.37. The van der Waals surface area contributed by atoms with Crippen LogP contribution in [0.2, 0.25) is 0 Å². The average Bonchev–Trinajstić information content (AvgIpc) is 2.49. The molecule has 1 aliphatic heterocycles. The zero-order valence-corrected chi connectivity index (χ0v) is 13.5. The van der Waals surface area contributed by atoms with Crippen molar-refractivity contribution in [2.75, 3.05) is 26.2 Å². The molecule has 2 rings (SSSR count). The number of piperidine rings is 1. The third-order valence-electron chi connectivity index (χ3n) is 4.60. The summed E-state index contributed by atoms with van der Waals surface area (Å²) in [5.74, 6) is 1.26. The number of benzene rings is 1. The highest BCUT2D eigenvalue weighted by Gasteiger charge is 2.15. The molecule has 0 radical (unpaired) electrons. The lowest BCUT2D eigenvalue weighted by molar-refractivity contribution is 0.191. The smallest absolute Gasteiger partial charge is 0.115 e. The Hall–Kier alpha value is -1.06. The van der Waals surface area contributed by atoms with Crippen LogP contribution in [0.25, 0.3) is 0 Å². The van der Waals surface area contributed by atoms with Crippen LogP contribution in [0.3, 0.4) is 0 Å². The minimum absolute atomic E-state index is 0.348. The quantitative estimate of drug-likeness (QED) is 0.810. The van der Waals surface area contributed by atoms with Gasteiger partial charge in [-0.25, -0.2) is 0 Å². The van der Waals surface area contributed by atoms with Crippen molar-refractivity contribution in [3.63, 3.8) is 0 Å². The van der Waals surface area contributed by atoms with E-state index in [-0.39, 0.29) is 0 Å². The maximum atomic E-state index is 9.27. The van der Waals surface area contributed by atoms with E-state index in [4.69, 9.17) is 0 Å². The van der Waals surface area contributed by atoms with Crippen LogP contribution in [-0.2, 0) is 6.42 Å². The second-order valence-corrected chi connectivity index (χ2v) is 6.58. The van der Waals surface area contributed by atoms with Gasteiger partial charge in [0.1, 0.15) is 5.75 Å². The topological polar surface area (TPSA) is 35.5 Å². The van der Waals surface area contributed by atoms with E-state index in [1.807, 2.05) is 12.1 Å². The molecular weight excluding hydrogens is 260 g/mol. The van der Waals surface area contributed by atoms with Crippen molar-refractivity contribution in [1.82, 2.24) is 10.2 Å². The highest BCUT2D eigenvalue weighted by molar-refractivity contribution is 5.25. The maximum Gasteiger partial charge on any atom is 0.115 e. The lowest BCUT2D eigenvalue weighted by Crippen LogP contribution is -2.39. The molecule has 0 aromatic heterocycles. The molecule has 2 N–H and O–H groups in total. The summed E-state index contributed by atoms with van der Waals surface area (Å²) >= 11 is 0. The number of nitrogens with one attached hydrogen (secondary N) is 1. The van der Waals surface area contributed by atoms with Gasteiger partial charge in [-0.05, 0) is 69.3 Å². The minimum Gasteiger partial charge on any atom is -0.508 e. The second-order valence-electron chi connectivity index (χ2n) is 6.58. The number of aromatic hydroxyl groups is 1. The summed E-state index contributed by atoms with van der Waals surface area (Å²) < 4.78 is 0. The zero-order valence-electron chi connectivity index (χ0n) is 13.5. The van der Waals surface area contributed by atoms with Gasteiger partial charge in [0, 0.05) is 19.1 Å². The number of likely N-dealkylation sites (tertiary alicyclic amines) is 1. The summed E-state index contributed by atoms with van der Waals surface area (Å²) in [5.41, 5.74) is 1.30. The number of hydrogen-bond donors (Lipinski definition) is 2. The van der Waals surface area contributed by atoms with Crippen molar-refractivity contribution in [2.45, 2.75) is 45.6 Å². The molecule has 21 heavy (non-hydrogen) atoms. The lowest BCUT2D eigenvalue weighted by Gasteiger charge is -2.30. The summed E-state index contributed by atoms with van der Waals surface area (Å²) in [6.45, 7) is 9.43. The van der Waals surface area contributed by atoms with E-state index in [0.717, 1.165) is 25.3 Å². The standard InChI is InChI=1S/C18H30N2O/c1-15-9-12-20(13-10-15)14-11-19-16(2)3-4-17-5-7-18(21)8-6-17/h5-8,15-16,19,21H,3-4,9-14H2,1-2H3. The summed E-state index contributed by atoms with van der Waals surface area (Å²) in [4.78, 5) is 2.58. The van der Waals surface area contributed by atoms with Gasteiger partial charge in [0.15, 0.2) is 0 Å². The zero-order chi connectivity index (χ0) is 15.1. The van der Waals surface area contributed by atoms with E-state index in [1.54, 1.807) is 12.1 Å². The summed E-state index contributed by atoms with van der Waals surface area (Å²) in [6, 6.07) is 8.10. The van der Waals surface area contributed by atoms with Gasteiger partial charge in [-0.2, -0.15) is 0 Å². The Morgan fingerprint density at radius 1 is 1.24 bits per heavy atom. The molecule has 1 aromatic carbocycles. The van der Waals surface area contributed by atoms with Crippen LogP contribution >= 0.6 is 0 Å². The van der Waals surface area contributed by atoms with Crippen LogP contribution in [0.1, 0.15) is 38.7 Å². The molecule has 1 aromatic rings. The number of phenolic OH excluding ortho intramolecular Hbond substituents is 1. The number of nitrogens with zero attached hydrogens (tertiary/aromatic N) is 1. The average molecular weight is 290 g/mol. The van der Waals surface area contributed by atoms with Gasteiger partial charge in [0.05, 0.1) is 0 Å². The molecule has 0 saturated carbocycles. The number of aryl methyl sites for hydroxylation is 1. The Morgan fingerprint density at radius 3 is 2.57 bits per heavy atom. The summed E-state index contributed by atoms with van der Waals surface area (Å²) in [5, 5.41) is 12.9. The molecule has 0 bridgehead atoms. The molecule has 118 valence electrons. The van der Waals surface area contributed by atoms with Gasteiger partial charge in [0.2, 0.25) is 0 Å². The Morgan fingerprint density at radius 2 is 1.90 bits per heavy atom. The normalized spacial score (nSPS) is 18.8. The molecule has 1 atom stereocenters. The third kappa shape index (κ3) is 6.06. The van der Waals surface area contributed by atoms with Gasteiger partial charge in [0.25, 0.3) is 0 Å². The van der Waals surface area contributed by atoms with Gasteiger partial charge < -0.3 is 15.3 Å². The van der Waals surface area contributed by atoms with Crippen LogP contribution in [0, 0.1) is 5.92 Å². The highest BCUT2D eigenvalue weighted by Crippen LogP contribution is 2.15. The Labute approximate surface area is 129 Å². The van der Waals surface area contributed by atoms with Crippen LogP contribution in [-0.4, -0.2) is 42.2 Å². The Kier molecular flexibility index (Phi) is 6.52. The van der Waals surface area contributed by atoms with Crippen LogP contribution < -0.4 is 5.32 Å². The molecule has 0 amide bonds. The molecule has 3 nitrogen and oxygen atoms in total. The largest absolute Gasteiger partial charge is 0.508 e. The van der Waals surface area contributed by atoms with Gasteiger partial charge in [-0.1, -0.05) is 19.1 Å². The second kappa shape index (κ2) is 8.40. The minimum atomic E-state index is 0.348. The molecular formula is C18H30N2O. The van der Waals surface area contributed by atoms with Crippen molar-refractivity contribution in [3.05, 3.63) is 29.8 Å². The Balaban J connectivity index is 1.57. The van der Waals surface area contributed by atoms with Crippen molar-refractivity contribution in [1.29, 1.82) is 0 Å². The molecule has 1 saturated heterocycles. The molecule has 0 aliphatic carbocycles. The van der Waals surface area contributed by atoms with E-state index >= 15 is 0 Å². The van der Waals surface area contributed by atoms with Crippen molar-refractivity contribution in [2.24, 2.45) is 5.92 Å². The maximum absolute atomic E-state index is 9.27. The number of phenols is 1. The lowest BCUT2D eigenvalue weighted by atomic mass is 9.99. The summed E-state index contributed by atoms with van der Waals surface area (Å²) in [7, 11) is 0. The number of hydrogen-bond acceptors (Lipinski definition) is 3. The fourth-order valence-corrected chi connectivity index (χ4v) is 2.90. The van der Waals surface area contributed by atoms with Gasteiger partial charge >= 0.3 is 0 Å². The third-order valence-corrected chi connectivity index (χ3v) is 4.60. The molecule has 0 spiro atoms. The fourth-order valence-electron chi connectivity index (χ4n) is 2.90. The van der Waals surface area contributed by atoms with Gasteiger partial charge in [-0.15, -0.1) is 0 Å². The van der Waals surface area contributed by atoms with E-state index < -0.39 is 0 Å². The molecule has 1 heterocycles. The van der Waals surface area contributed by atoms with Crippen LogP contribution in [0.15, 0.2) is 24.3 Å². The molecule has 1 unspecified atom stereocenters. The van der Waals surface area contributed by atoms with Crippen molar-refractivity contribution in [3.8, 4) is 5.75 Å². The Bertz CT molecular complexity index is 396. The SMILES string of the molecule is CC1CCN(CCNC(C)CCc2ccc(O)cc2)CC1. The molecule has 1 aliphatic rings. The summed E-state index contributed by atoms with van der Waals surface area (Å²) in [6.07, 6.45) is 4.92. The predicted octanol–water partition coefficient (Wildman–Crippen LogP) is 3.03. The first kappa shape index (κ1) is 16.3. The first-order chi connectivity index (χ1) is 10.1.